The number of phenolic OH excluding ortho intramolecular Hbond substituents is 2. The molecule has 210 valence electrons. The van der Waals surface area contributed by atoms with Crippen LogP contribution in [-0.2, 0) is 47.6 Å². The van der Waals surface area contributed by atoms with E-state index in [0.717, 1.165) is 39.8 Å². The molecule has 1 aliphatic carbocycles. The Labute approximate surface area is 221 Å². The van der Waals surface area contributed by atoms with E-state index in [1.165, 1.54) is 6.92 Å². The number of fused-ring (bicyclic) bond motifs is 1. The number of hydrogen-bond donors (Lipinski definition) is 2. The van der Waals surface area contributed by atoms with Crippen molar-refractivity contribution in [1.82, 2.24) is 0 Å². The van der Waals surface area contributed by atoms with E-state index in [2.05, 4.69) is 0 Å². The number of ketones is 2. The van der Waals surface area contributed by atoms with Gasteiger partial charge >= 0.3 is 23.9 Å². The zero-order valence-corrected chi connectivity index (χ0v) is 21.5. The Bertz CT molecular complexity index is 1260. The first-order valence-electron chi connectivity index (χ1n) is 11.5. The van der Waals surface area contributed by atoms with E-state index in [4.69, 9.17) is 28.4 Å². The van der Waals surface area contributed by atoms with Gasteiger partial charge in [-0.1, -0.05) is 0 Å². The second kappa shape index (κ2) is 11.5. The number of ether oxygens (including phenoxy) is 6. The predicted molar refractivity (Wildman–Crippen MR) is 124 cm³/mol. The van der Waals surface area contributed by atoms with E-state index in [-0.39, 0.29) is 5.57 Å². The number of benzene rings is 1. The van der Waals surface area contributed by atoms with Crippen LogP contribution in [0, 0.1) is 0 Å². The fourth-order valence-corrected chi connectivity index (χ4v) is 4.16. The summed E-state index contributed by atoms with van der Waals surface area (Å²) in [7, 11) is 0. The van der Waals surface area contributed by atoms with Gasteiger partial charge in [0.2, 0.25) is 18.2 Å². The van der Waals surface area contributed by atoms with Gasteiger partial charge in [0.15, 0.2) is 23.8 Å². The van der Waals surface area contributed by atoms with Gasteiger partial charge in [-0.25, -0.2) is 0 Å². The van der Waals surface area contributed by atoms with Gasteiger partial charge < -0.3 is 38.6 Å². The average Bonchev–Trinajstić information content (AvgIpc) is 2.83. The maximum atomic E-state index is 13.3. The zero-order valence-electron chi connectivity index (χ0n) is 21.5. The molecule has 3 rings (SSSR count). The molecule has 1 aromatic rings. The van der Waals surface area contributed by atoms with Crippen LogP contribution in [0.5, 0.6) is 11.5 Å². The molecule has 14 heteroatoms. The van der Waals surface area contributed by atoms with Crippen LogP contribution in [0.4, 0.5) is 0 Å². The molecule has 1 aromatic carbocycles. The molecule has 2 aliphatic rings. The van der Waals surface area contributed by atoms with Crippen molar-refractivity contribution in [3.8, 4) is 11.5 Å². The van der Waals surface area contributed by atoms with E-state index in [1.54, 1.807) is 0 Å². The van der Waals surface area contributed by atoms with Gasteiger partial charge in [-0.2, -0.15) is 0 Å². The van der Waals surface area contributed by atoms with Crippen molar-refractivity contribution in [1.29, 1.82) is 0 Å². The maximum absolute atomic E-state index is 13.3. The van der Waals surface area contributed by atoms with Crippen molar-refractivity contribution >= 4 is 35.4 Å². The summed E-state index contributed by atoms with van der Waals surface area (Å²) in [5.74, 6) is -7.01. The van der Waals surface area contributed by atoms with Crippen LogP contribution in [0.2, 0.25) is 0 Å². The van der Waals surface area contributed by atoms with Gasteiger partial charge in [0.25, 0.3) is 0 Å². The average molecular weight is 550 g/mol. The Morgan fingerprint density at radius 1 is 0.769 bits per heavy atom. The molecule has 0 radical (unpaired) electrons. The third kappa shape index (κ3) is 6.17. The third-order valence-electron chi connectivity index (χ3n) is 5.69. The van der Waals surface area contributed by atoms with Crippen molar-refractivity contribution in [2.75, 3.05) is 6.61 Å². The van der Waals surface area contributed by atoms with E-state index >= 15 is 0 Å². The molecule has 39 heavy (non-hydrogen) atoms. The summed E-state index contributed by atoms with van der Waals surface area (Å²) in [6.45, 7) is 4.88. The zero-order chi connectivity index (χ0) is 29.2. The van der Waals surface area contributed by atoms with Crippen molar-refractivity contribution in [3.63, 3.8) is 0 Å². The molecule has 14 nitrogen and oxygen atoms in total. The molecule has 1 fully saturated rings. The molecule has 5 unspecified atom stereocenters. The first kappa shape index (κ1) is 29.1. The van der Waals surface area contributed by atoms with Crippen molar-refractivity contribution in [3.05, 3.63) is 34.6 Å². The Morgan fingerprint density at radius 3 is 1.77 bits per heavy atom. The first-order valence-corrected chi connectivity index (χ1v) is 11.5. The Balaban J connectivity index is 2.10. The monoisotopic (exact) mass is 550 g/mol. The van der Waals surface area contributed by atoms with Gasteiger partial charge in [0, 0.05) is 33.3 Å². The van der Waals surface area contributed by atoms with Crippen LogP contribution < -0.4 is 0 Å². The standard InChI is InChI=1S/C25H26O14/c1-9-19(32)17-14(30)6-7-15(31)18(17)20(33)21(9)39-25-24(37-13(5)29)23(36-12(4)28)22(35-11(3)27)16(38-25)8-34-10(2)26/h6-7,16,22-25,30-31H,8H2,1-5H3. The van der Waals surface area contributed by atoms with Gasteiger partial charge in [-0.15, -0.1) is 0 Å². The number of phenols is 2. The van der Waals surface area contributed by atoms with Crippen LogP contribution >= 0.6 is 0 Å². The summed E-state index contributed by atoms with van der Waals surface area (Å²) < 4.78 is 32.4. The molecule has 1 saturated heterocycles. The summed E-state index contributed by atoms with van der Waals surface area (Å²) in [6.07, 6.45) is -7.84. The van der Waals surface area contributed by atoms with Gasteiger partial charge in [-0.05, 0) is 19.1 Å². The second-order valence-electron chi connectivity index (χ2n) is 8.65. The number of aromatic hydroxyl groups is 2. The van der Waals surface area contributed by atoms with Crippen molar-refractivity contribution < 1.29 is 67.4 Å². The van der Waals surface area contributed by atoms with Gasteiger partial charge in [0.05, 0.1) is 11.1 Å². The minimum absolute atomic E-state index is 0.291. The molecular formula is C25H26O14. The number of carbonyl (C=O) groups excluding carboxylic acids is 6. The molecule has 0 bridgehead atoms. The molecule has 0 saturated carbocycles. The minimum Gasteiger partial charge on any atom is -0.507 e. The highest BCUT2D eigenvalue weighted by Gasteiger charge is 2.54. The second-order valence-corrected chi connectivity index (χ2v) is 8.65. The van der Waals surface area contributed by atoms with E-state index in [1.807, 2.05) is 0 Å². The van der Waals surface area contributed by atoms with Crippen LogP contribution in [0.15, 0.2) is 23.5 Å². The lowest BCUT2D eigenvalue weighted by Gasteiger charge is -2.44. The summed E-state index contributed by atoms with van der Waals surface area (Å²) in [5.41, 5.74) is -1.26. The highest BCUT2D eigenvalue weighted by molar-refractivity contribution is 6.27. The quantitative estimate of drug-likeness (QED) is 0.275. The van der Waals surface area contributed by atoms with Crippen LogP contribution in [0.25, 0.3) is 0 Å². The Morgan fingerprint density at radius 2 is 1.26 bits per heavy atom. The summed E-state index contributed by atoms with van der Waals surface area (Å²) >= 11 is 0. The first-order chi connectivity index (χ1) is 18.2. The van der Waals surface area contributed by atoms with E-state index < -0.39 is 101 Å². The van der Waals surface area contributed by atoms with Crippen LogP contribution in [0.3, 0.4) is 0 Å². The normalized spacial score (nSPS) is 24.4. The van der Waals surface area contributed by atoms with Crippen LogP contribution in [0.1, 0.15) is 55.3 Å². The molecule has 0 spiro atoms. The van der Waals surface area contributed by atoms with Crippen LogP contribution in [-0.4, -0.2) is 83.0 Å². The largest absolute Gasteiger partial charge is 0.507 e. The van der Waals surface area contributed by atoms with Crippen molar-refractivity contribution in [2.24, 2.45) is 0 Å². The number of allylic oxidation sites excluding steroid dienone is 2. The fourth-order valence-electron chi connectivity index (χ4n) is 4.16. The lowest BCUT2D eigenvalue weighted by atomic mass is 9.87. The lowest BCUT2D eigenvalue weighted by Crippen LogP contribution is -2.63. The Kier molecular flexibility index (Phi) is 8.59. The number of esters is 4. The smallest absolute Gasteiger partial charge is 0.303 e. The fraction of sp³-hybridized carbons (Fsp3) is 0.440. The SMILES string of the molecule is CC(=O)OCC1OC(OC2=C(C)C(=O)c3c(O)ccc(O)c3C2=O)C(OC(C)=O)C(OC(C)=O)C1OC(C)=O. The number of hydrogen-bond acceptors (Lipinski definition) is 14. The van der Waals surface area contributed by atoms with Gasteiger partial charge in [-0.3, -0.25) is 28.8 Å². The Hall–Kier alpha value is -4.46. The molecule has 0 aromatic heterocycles. The maximum Gasteiger partial charge on any atom is 0.303 e. The minimum atomic E-state index is -1.78. The van der Waals surface area contributed by atoms with Crippen molar-refractivity contribution in [2.45, 2.75) is 65.3 Å². The molecule has 0 amide bonds. The number of carbonyl (C=O) groups is 6. The molecule has 5 atom stereocenters. The topological polar surface area (TPSA) is 198 Å². The summed E-state index contributed by atoms with van der Waals surface area (Å²) in [4.78, 5) is 73.6. The third-order valence-corrected chi connectivity index (χ3v) is 5.69. The molecule has 1 aliphatic heterocycles. The molecular weight excluding hydrogens is 524 g/mol. The van der Waals surface area contributed by atoms with E-state index in [0.29, 0.717) is 0 Å². The molecule has 1 heterocycles. The summed E-state index contributed by atoms with van der Waals surface area (Å²) in [5, 5.41) is 20.4. The molecule has 2 N–H and O–H groups in total. The summed E-state index contributed by atoms with van der Waals surface area (Å²) in [6, 6.07) is 2.05. The highest BCUT2D eigenvalue weighted by Crippen LogP contribution is 2.39. The number of Topliss-reactive ketones (excluding diaryl/α,β-unsaturated/α-hetero) is 2. The number of rotatable bonds is 7. The highest BCUT2D eigenvalue weighted by atomic mass is 16.7. The lowest BCUT2D eigenvalue weighted by molar-refractivity contribution is -0.299. The van der Waals surface area contributed by atoms with Gasteiger partial charge in [0.1, 0.15) is 24.2 Å². The van der Waals surface area contributed by atoms with E-state index in [9.17, 15) is 39.0 Å². The predicted octanol–water partition coefficient (Wildman–Crippen LogP) is 0.850.